The van der Waals surface area contributed by atoms with E-state index in [2.05, 4.69) is 20.8 Å². The molecular formula is C14H17FN4OS2. The van der Waals surface area contributed by atoms with Crippen molar-refractivity contribution in [3.8, 4) is 0 Å². The minimum Gasteiger partial charge on any atom is -0.358 e. The Bertz CT molecular complexity index is 630. The molecular weight excluding hydrogens is 323 g/mol. The normalized spacial score (nSPS) is 12.2. The molecule has 0 saturated carbocycles. The number of amides is 1. The predicted molar refractivity (Wildman–Crippen MR) is 89.0 cm³/mol. The summed E-state index contributed by atoms with van der Waals surface area (Å²) >= 11 is 2.76. The Morgan fingerprint density at radius 2 is 1.91 bits per heavy atom. The molecule has 0 aliphatic rings. The number of thioether (sulfide) groups is 1. The summed E-state index contributed by atoms with van der Waals surface area (Å²) in [5.74, 6) is -0.496. The third kappa shape index (κ3) is 4.96. The predicted octanol–water partition coefficient (Wildman–Crippen LogP) is 3.62. The fourth-order valence-electron chi connectivity index (χ4n) is 1.54. The van der Waals surface area contributed by atoms with Crippen molar-refractivity contribution in [2.45, 2.75) is 36.4 Å². The number of aromatic nitrogens is 2. The van der Waals surface area contributed by atoms with Crippen LogP contribution in [-0.4, -0.2) is 27.4 Å². The van der Waals surface area contributed by atoms with Gasteiger partial charge in [-0.2, -0.15) is 0 Å². The molecule has 1 atom stereocenters. The number of nitrogens with zero attached hydrogens (tertiary/aromatic N) is 2. The first kappa shape index (κ1) is 16.7. The van der Waals surface area contributed by atoms with Crippen LogP contribution in [0, 0.1) is 5.82 Å². The topological polar surface area (TPSA) is 66.9 Å². The highest BCUT2D eigenvalue weighted by molar-refractivity contribution is 8.02. The summed E-state index contributed by atoms with van der Waals surface area (Å²) in [5, 5.41) is 14.4. The Labute approximate surface area is 136 Å². The standard InChI is InChI=1S/C14H17FN4OS2/c1-8(2)16-13-18-19-14(22-13)21-9(3)12(20)17-11-6-4-10(15)5-7-11/h4-9H,1-3H3,(H,16,18)(H,17,20). The number of benzene rings is 1. The summed E-state index contributed by atoms with van der Waals surface area (Å²) in [6, 6.07) is 5.95. The largest absolute Gasteiger partial charge is 0.358 e. The Morgan fingerprint density at radius 3 is 2.55 bits per heavy atom. The molecule has 0 bridgehead atoms. The number of hydrogen-bond donors (Lipinski definition) is 2. The SMILES string of the molecule is CC(C)Nc1nnc(SC(C)C(=O)Nc2ccc(F)cc2)s1. The molecule has 22 heavy (non-hydrogen) atoms. The van der Waals surface area contributed by atoms with E-state index < -0.39 is 0 Å². The molecule has 2 N–H and O–H groups in total. The van der Waals surface area contributed by atoms with Crippen LogP contribution in [0.2, 0.25) is 0 Å². The summed E-state index contributed by atoms with van der Waals surface area (Å²) in [5.41, 5.74) is 0.568. The first-order valence-corrected chi connectivity index (χ1v) is 8.47. The van der Waals surface area contributed by atoms with Gasteiger partial charge in [0.05, 0.1) is 5.25 Å². The summed E-state index contributed by atoms with van der Waals surface area (Å²) in [6.07, 6.45) is 0. The third-order valence-electron chi connectivity index (χ3n) is 2.58. The van der Waals surface area contributed by atoms with Gasteiger partial charge in [-0.3, -0.25) is 4.79 Å². The van der Waals surface area contributed by atoms with Gasteiger partial charge in [-0.05, 0) is 45.0 Å². The van der Waals surface area contributed by atoms with Crippen LogP contribution in [0.15, 0.2) is 28.6 Å². The molecule has 1 unspecified atom stereocenters. The van der Waals surface area contributed by atoms with Crippen LogP contribution < -0.4 is 10.6 Å². The molecule has 0 radical (unpaired) electrons. The van der Waals surface area contributed by atoms with Crippen LogP contribution in [0.1, 0.15) is 20.8 Å². The second-order valence-corrected chi connectivity index (χ2v) is 7.49. The average molecular weight is 340 g/mol. The van der Waals surface area contributed by atoms with Gasteiger partial charge in [-0.25, -0.2) is 4.39 Å². The van der Waals surface area contributed by atoms with E-state index in [1.54, 1.807) is 6.92 Å². The Balaban J connectivity index is 1.90. The maximum absolute atomic E-state index is 12.8. The summed E-state index contributed by atoms with van der Waals surface area (Å²) in [4.78, 5) is 12.1. The van der Waals surface area contributed by atoms with E-state index >= 15 is 0 Å². The highest BCUT2D eigenvalue weighted by Gasteiger charge is 2.17. The molecule has 118 valence electrons. The van der Waals surface area contributed by atoms with Crippen molar-refractivity contribution in [2.24, 2.45) is 0 Å². The first-order valence-electron chi connectivity index (χ1n) is 6.77. The van der Waals surface area contributed by atoms with Crippen molar-refractivity contribution in [2.75, 3.05) is 10.6 Å². The number of nitrogens with one attached hydrogen (secondary N) is 2. The molecule has 0 fully saturated rings. The maximum atomic E-state index is 12.8. The molecule has 2 rings (SSSR count). The Kier molecular flexibility index (Phi) is 5.73. The number of carbonyl (C=O) groups excluding carboxylic acids is 1. The van der Waals surface area contributed by atoms with Crippen LogP contribution in [0.3, 0.4) is 0 Å². The van der Waals surface area contributed by atoms with E-state index in [9.17, 15) is 9.18 Å². The third-order valence-corrected chi connectivity index (χ3v) is 4.62. The van der Waals surface area contributed by atoms with Gasteiger partial charge in [-0.1, -0.05) is 23.1 Å². The van der Waals surface area contributed by atoms with Crippen LogP contribution in [0.25, 0.3) is 0 Å². The fraction of sp³-hybridized carbons (Fsp3) is 0.357. The Morgan fingerprint density at radius 1 is 1.23 bits per heavy atom. The van der Waals surface area contributed by atoms with Crippen molar-refractivity contribution >= 4 is 39.8 Å². The van der Waals surface area contributed by atoms with Gasteiger partial charge in [0.15, 0.2) is 4.34 Å². The first-order chi connectivity index (χ1) is 10.4. The van der Waals surface area contributed by atoms with Crippen molar-refractivity contribution in [1.29, 1.82) is 0 Å². The van der Waals surface area contributed by atoms with E-state index in [1.807, 2.05) is 13.8 Å². The van der Waals surface area contributed by atoms with Gasteiger partial charge in [0.2, 0.25) is 11.0 Å². The fourth-order valence-corrected chi connectivity index (χ4v) is 3.59. The highest BCUT2D eigenvalue weighted by Crippen LogP contribution is 2.29. The average Bonchev–Trinajstić information content (AvgIpc) is 2.87. The zero-order chi connectivity index (χ0) is 16.1. The second kappa shape index (κ2) is 7.55. The molecule has 8 heteroatoms. The molecule has 0 spiro atoms. The van der Waals surface area contributed by atoms with Crippen LogP contribution in [0.5, 0.6) is 0 Å². The molecule has 1 amide bonds. The maximum Gasteiger partial charge on any atom is 0.237 e. The molecule has 0 aliphatic heterocycles. The van der Waals surface area contributed by atoms with Gasteiger partial charge in [0.25, 0.3) is 0 Å². The van der Waals surface area contributed by atoms with Gasteiger partial charge < -0.3 is 10.6 Å². The van der Waals surface area contributed by atoms with Gasteiger partial charge >= 0.3 is 0 Å². The van der Waals surface area contributed by atoms with Crippen molar-refractivity contribution in [3.05, 3.63) is 30.1 Å². The van der Waals surface area contributed by atoms with Gasteiger partial charge in [-0.15, -0.1) is 10.2 Å². The number of anilines is 2. The lowest BCUT2D eigenvalue weighted by molar-refractivity contribution is -0.115. The molecule has 0 saturated heterocycles. The smallest absolute Gasteiger partial charge is 0.237 e. The number of rotatable bonds is 6. The lowest BCUT2D eigenvalue weighted by atomic mass is 10.3. The zero-order valence-corrected chi connectivity index (χ0v) is 14.1. The number of carbonyl (C=O) groups is 1. The quantitative estimate of drug-likeness (QED) is 0.786. The molecule has 5 nitrogen and oxygen atoms in total. The number of halogens is 1. The van der Waals surface area contributed by atoms with Crippen molar-refractivity contribution < 1.29 is 9.18 Å². The second-order valence-electron chi connectivity index (χ2n) is 4.93. The molecule has 2 aromatic rings. The van der Waals surface area contributed by atoms with Crippen LogP contribution in [0.4, 0.5) is 15.2 Å². The van der Waals surface area contributed by atoms with Crippen molar-refractivity contribution in [3.63, 3.8) is 0 Å². The zero-order valence-electron chi connectivity index (χ0n) is 12.5. The molecule has 1 heterocycles. The highest BCUT2D eigenvalue weighted by atomic mass is 32.2. The van der Waals surface area contributed by atoms with Gasteiger partial charge in [0.1, 0.15) is 5.82 Å². The Hall–Kier alpha value is -1.67. The monoisotopic (exact) mass is 340 g/mol. The minimum absolute atomic E-state index is 0.162. The minimum atomic E-state index is -0.334. The van der Waals surface area contributed by atoms with Gasteiger partial charge in [0, 0.05) is 11.7 Å². The van der Waals surface area contributed by atoms with E-state index in [1.165, 1.54) is 47.4 Å². The molecule has 1 aromatic heterocycles. The van der Waals surface area contributed by atoms with E-state index in [0.29, 0.717) is 5.69 Å². The van der Waals surface area contributed by atoms with E-state index in [-0.39, 0.29) is 23.0 Å². The van der Waals surface area contributed by atoms with Crippen LogP contribution in [-0.2, 0) is 4.79 Å². The van der Waals surface area contributed by atoms with E-state index in [4.69, 9.17) is 0 Å². The molecule has 0 aliphatic carbocycles. The summed E-state index contributed by atoms with van der Waals surface area (Å²) < 4.78 is 13.6. The van der Waals surface area contributed by atoms with Crippen LogP contribution >= 0.6 is 23.1 Å². The number of hydrogen-bond acceptors (Lipinski definition) is 6. The van der Waals surface area contributed by atoms with Crippen molar-refractivity contribution in [1.82, 2.24) is 10.2 Å². The molecule has 1 aromatic carbocycles. The summed E-state index contributed by atoms with van der Waals surface area (Å²) in [7, 11) is 0. The lowest BCUT2D eigenvalue weighted by Gasteiger charge is -2.10. The summed E-state index contributed by atoms with van der Waals surface area (Å²) in [6.45, 7) is 5.83. The van der Waals surface area contributed by atoms with E-state index in [0.717, 1.165) is 9.47 Å². The lowest BCUT2D eigenvalue weighted by Crippen LogP contribution is -2.22.